The van der Waals surface area contributed by atoms with Crippen LogP contribution in [0.2, 0.25) is 0 Å². The predicted octanol–water partition coefficient (Wildman–Crippen LogP) is 4.44. The molecule has 1 atom stereocenters. The molecule has 3 aromatic rings. The average molecular weight is 455 g/mol. The van der Waals surface area contributed by atoms with Gasteiger partial charge in [0.15, 0.2) is 11.0 Å². The number of nitrogens with one attached hydrogen (secondary N) is 1. The van der Waals surface area contributed by atoms with E-state index in [-0.39, 0.29) is 36.1 Å². The largest absolute Gasteiger partial charge is 0.486 e. The van der Waals surface area contributed by atoms with Crippen molar-refractivity contribution >= 4 is 29.3 Å². The van der Waals surface area contributed by atoms with E-state index < -0.39 is 5.25 Å². The average Bonchev–Trinajstić information content (AvgIpc) is 3.27. The first kappa shape index (κ1) is 22.0. The Balaban J connectivity index is 1.31. The third-order valence-corrected chi connectivity index (χ3v) is 6.07. The maximum absolute atomic E-state index is 13.0. The lowest BCUT2D eigenvalue weighted by Gasteiger charge is -2.19. The Bertz CT molecular complexity index is 1140. The molecule has 9 heteroatoms. The molecule has 7 nitrogen and oxygen atoms in total. The number of carbonyl (C=O) groups excluding carboxylic acids is 2. The molecule has 0 bridgehead atoms. The highest BCUT2D eigenvalue weighted by molar-refractivity contribution is 8.00. The molecule has 2 aromatic carbocycles. The van der Waals surface area contributed by atoms with Crippen molar-refractivity contribution < 1.29 is 18.7 Å². The first-order valence-electron chi connectivity index (χ1n) is 10.1. The molecule has 2 heterocycles. The fourth-order valence-corrected chi connectivity index (χ4v) is 4.25. The van der Waals surface area contributed by atoms with Crippen LogP contribution in [0.5, 0.6) is 5.75 Å². The van der Waals surface area contributed by atoms with Crippen molar-refractivity contribution in [2.45, 2.75) is 49.6 Å². The summed E-state index contributed by atoms with van der Waals surface area (Å²) in [6.45, 7) is 6.58. The second-order valence-electron chi connectivity index (χ2n) is 8.49. The molecule has 32 heavy (non-hydrogen) atoms. The van der Waals surface area contributed by atoms with Crippen LogP contribution in [0.25, 0.3) is 0 Å². The zero-order chi connectivity index (χ0) is 22.9. The van der Waals surface area contributed by atoms with E-state index in [0.717, 1.165) is 0 Å². The number of fused-ring (bicyclic) bond motifs is 1. The highest BCUT2D eigenvalue weighted by Crippen LogP contribution is 2.32. The molecule has 1 unspecified atom stereocenters. The van der Waals surface area contributed by atoms with Crippen LogP contribution in [0, 0.1) is 5.82 Å². The second kappa shape index (κ2) is 8.74. The summed E-state index contributed by atoms with van der Waals surface area (Å²) in [6.07, 6.45) is -0.0299. The number of benzene rings is 2. The normalized spacial score (nSPS) is 15.5. The summed E-state index contributed by atoms with van der Waals surface area (Å²) >= 11 is 1.20. The highest BCUT2D eigenvalue weighted by atomic mass is 32.2. The second-order valence-corrected chi connectivity index (χ2v) is 9.66. The summed E-state index contributed by atoms with van der Waals surface area (Å²) in [5.41, 5.74) is 1.74. The van der Waals surface area contributed by atoms with Gasteiger partial charge in [0.2, 0.25) is 5.91 Å². The fourth-order valence-electron chi connectivity index (χ4n) is 3.17. The minimum atomic E-state index is -0.606. The number of anilines is 1. The van der Waals surface area contributed by atoms with E-state index in [2.05, 4.69) is 36.2 Å². The van der Waals surface area contributed by atoms with Gasteiger partial charge in [-0.15, -0.1) is 5.10 Å². The third-order valence-electron chi connectivity index (χ3n) is 4.94. The molecule has 0 saturated heterocycles. The van der Waals surface area contributed by atoms with Gasteiger partial charge in [0, 0.05) is 12.1 Å². The van der Waals surface area contributed by atoms with E-state index in [4.69, 9.17) is 4.74 Å². The number of nitrogens with zero attached hydrogens (tertiary/aromatic N) is 3. The van der Waals surface area contributed by atoms with Crippen LogP contribution in [0.1, 0.15) is 43.4 Å². The van der Waals surface area contributed by atoms with E-state index in [0.29, 0.717) is 22.4 Å². The molecule has 0 aliphatic carbocycles. The molecule has 1 aromatic heterocycles. The van der Waals surface area contributed by atoms with Crippen LogP contribution in [0.4, 0.5) is 10.1 Å². The van der Waals surface area contributed by atoms with E-state index in [1.807, 2.05) is 24.3 Å². The van der Waals surface area contributed by atoms with Gasteiger partial charge in [0.05, 0.1) is 0 Å². The summed E-state index contributed by atoms with van der Waals surface area (Å²) in [6, 6.07) is 13.3. The molecule has 1 aliphatic rings. The summed E-state index contributed by atoms with van der Waals surface area (Å²) in [5, 5.41) is 6.72. The molecule has 1 aliphatic heterocycles. The minimum Gasteiger partial charge on any atom is -0.486 e. The van der Waals surface area contributed by atoms with Gasteiger partial charge in [0.1, 0.15) is 23.4 Å². The lowest BCUT2D eigenvalue weighted by molar-refractivity contribution is -0.116. The number of rotatable bonds is 6. The third kappa shape index (κ3) is 4.99. The predicted molar refractivity (Wildman–Crippen MR) is 119 cm³/mol. The number of amides is 1. The zero-order valence-corrected chi connectivity index (χ0v) is 18.8. The van der Waals surface area contributed by atoms with Crippen LogP contribution < -0.4 is 10.1 Å². The van der Waals surface area contributed by atoms with Gasteiger partial charge in [-0.25, -0.2) is 9.37 Å². The van der Waals surface area contributed by atoms with Crippen molar-refractivity contribution in [2.75, 3.05) is 5.32 Å². The molecule has 4 rings (SSSR count). The van der Waals surface area contributed by atoms with Gasteiger partial charge < -0.3 is 10.1 Å². The van der Waals surface area contributed by atoms with Crippen LogP contribution >= 0.6 is 11.8 Å². The van der Waals surface area contributed by atoms with Gasteiger partial charge in [-0.3, -0.25) is 9.59 Å². The molecular weight excluding hydrogens is 431 g/mol. The molecule has 1 N–H and O–H groups in total. The minimum absolute atomic E-state index is 0.0299. The van der Waals surface area contributed by atoms with Crippen molar-refractivity contribution in [1.29, 1.82) is 0 Å². The summed E-state index contributed by atoms with van der Waals surface area (Å²) in [5.74, 6) is 0.0722. The first-order chi connectivity index (χ1) is 15.2. The Morgan fingerprint density at radius 2 is 1.84 bits per heavy atom. The lowest BCUT2D eigenvalue weighted by Crippen LogP contribution is -2.25. The number of thioether (sulfide) groups is 1. The Morgan fingerprint density at radius 1 is 1.16 bits per heavy atom. The topological polar surface area (TPSA) is 86.1 Å². The Morgan fingerprint density at radius 3 is 2.47 bits per heavy atom. The van der Waals surface area contributed by atoms with Gasteiger partial charge in [0.25, 0.3) is 5.91 Å². The van der Waals surface area contributed by atoms with E-state index in [1.54, 1.807) is 0 Å². The number of aromatic nitrogens is 3. The molecular formula is C23H23FN4O3S. The number of carbonyl (C=O) groups is 2. The smallest absolute Gasteiger partial charge is 0.263 e. The molecule has 0 radical (unpaired) electrons. The maximum Gasteiger partial charge on any atom is 0.263 e. The molecule has 0 fully saturated rings. The Kier molecular flexibility index (Phi) is 6.01. The first-order valence-corrected chi connectivity index (χ1v) is 11.0. The number of hydrogen-bond acceptors (Lipinski definition) is 6. The van der Waals surface area contributed by atoms with Crippen LogP contribution in [-0.2, 0) is 16.8 Å². The summed E-state index contributed by atoms with van der Waals surface area (Å²) in [7, 11) is 0. The number of ether oxygens (including phenoxy) is 1. The van der Waals surface area contributed by atoms with Gasteiger partial charge in [-0.1, -0.05) is 44.7 Å². The van der Waals surface area contributed by atoms with E-state index in [9.17, 15) is 14.0 Å². The van der Waals surface area contributed by atoms with Crippen molar-refractivity contribution in [2.24, 2.45) is 0 Å². The standard InChI is InChI=1S/C23H23FN4O3S/c1-23(2,3)14-4-10-17(11-5-14)31-13-19-26-22-28(27-19)21(30)18(32-22)12-20(29)25-16-8-6-15(24)7-9-16/h4-11,18H,12-13H2,1-3H3,(H,25,29). The van der Waals surface area contributed by atoms with Crippen molar-refractivity contribution in [1.82, 2.24) is 14.8 Å². The summed E-state index contributed by atoms with van der Waals surface area (Å²) in [4.78, 5) is 29.2. The monoisotopic (exact) mass is 454 g/mol. The van der Waals surface area contributed by atoms with Gasteiger partial charge in [-0.05, 0) is 47.4 Å². The van der Waals surface area contributed by atoms with Crippen molar-refractivity contribution in [3.05, 3.63) is 65.7 Å². The quantitative estimate of drug-likeness (QED) is 0.593. The van der Waals surface area contributed by atoms with Crippen molar-refractivity contribution in [3.63, 3.8) is 0 Å². The SMILES string of the molecule is CC(C)(C)c1ccc(OCc2nc3n(n2)C(=O)C(CC(=O)Nc2ccc(F)cc2)S3)cc1. The van der Waals surface area contributed by atoms with Crippen molar-refractivity contribution in [3.8, 4) is 5.75 Å². The van der Waals surface area contributed by atoms with E-state index in [1.165, 1.54) is 46.3 Å². The lowest BCUT2D eigenvalue weighted by atomic mass is 9.87. The van der Waals surface area contributed by atoms with Crippen LogP contribution in [0.3, 0.4) is 0 Å². The van der Waals surface area contributed by atoms with E-state index >= 15 is 0 Å². The number of halogens is 1. The maximum atomic E-state index is 13.0. The molecule has 1 amide bonds. The zero-order valence-electron chi connectivity index (χ0n) is 18.0. The van der Waals surface area contributed by atoms with Crippen LogP contribution in [-0.4, -0.2) is 31.8 Å². The molecule has 0 saturated carbocycles. The van der Waals surface area contributed by atoms with Crippen LogP contribution in [0.15, 0.2) is 53.7 Å². The number of hydrogen-bond donors (Lipinski definition) is 1. The Hall–Kier alpha value is -3.20. The molecule has 166 valence electrons. The summed E-state index contributed by atoms with van der Waals surface area (Å²) < 4.78 is 19.9. The highest BCUT2D eigenvalue weighted by Gasteiger charge is 2.36. The fraction of sp³-hybridized carbons (Fsp3) is 0.304. The van der Waals surface area contributed by atoms with Gasteiger partial charge in [-0.2, -0.15) is 4.68 Å². The molecule has 0 spiro atoms. The van der Waals surface area contributed by atoms with Gasteiger partial charge >= 0.3 is 0 Å². The Labute approximate surface area is 189 Å².